The van der Waals surface area contributed by atoms with Crippen molar-refractivity contribution in [3.8, 4) is 0 Å². The Balaban J connectivity index is 1.90. The minimum atomic E-state index is -0.580. The number of hydrogen-bond acceptors (Lipinski definition) is 2. The van der Waals surface area contributed by atoms with Crippen molar-refractivity contribution in [2.24, 2.45) is 5.92 Å². The van der Waals surface area contributed by atoms with E-state index in [0.29, 0.717) is 11.5 Å². The summed E-state index contributed by atoms with van der Waals surface area (Å²) in [5, 5.41) is 14.9. The van der Waals surface area contributed by atoms with E-state index in [2.05, 4.69) is 26.6 Å². The van der Waals surface area contributed by atoms with Gasteiger partial charge >= 0.3 is 6.03 Å². The zero-order valence-corrected chi connectivity index (χ0v) is 12.8. The summed E-state index contributed by atoms with van der Waals surface area (Å²) in [5.74, 6) is -0.0114. The maximum absolute atomic E-state index is 13.1. The molecule has 1 atom stereocenters. The summed E-state index contributed by atoms with van der Waals surface area (Å²) < 4.78 is 13.9. The minimum absolute atomic E-state index is 0.0885. The van der Waals surface area contributed by atoms with Gasteiger partial charge in [0.05, 0.1) is 12.1 Å². The number of urea groups is 1. The van der Waals surface area contributed by atoms with Gasteiger partial charge in [-0.2, -0.15) is 0 Å². The maximum atomic E-state index is 13.1. The van der Waals surface area contributed by atoms with Gasteiger partial charge in [0.1, 0.15) is 5.82 Å². The highest BCUT2D eigenvalue weighted by atomic mass is 79.9. The first-order chi connectivity index (χ1) is 9.44. The lowest BCUT2D eigenvalue weighted by atomic mass is 9.97. The van der Waals surface area contributed by atoms with Crippen molar-refractivity contribution in [3.63, 3.8) is 0 Å². The van der Waals surface area contributed by atoms with Gasteiger partial charge in [0.2, 0.25) is 0 Å². The molecule has 110 valence electrons. The Morgan fingerprint density at radius 3 is 2.85 bits per heavy atom. The molecule has 0 radical (unpaired) electrons. The lowest BCUT2D eigenvalue weighted by Gasteiger charge is -2.28. The molecule has 0 bridgehead atoms. The van der Waals surface area contributed by atoms with Gasteiger partial charge in [-0.3, -0.25) is 0 Å². The fraction of sp³-hybridized carbons (Fsp3) is 0.500. The summed E-state index contributed by atoms with van der Waals surface area (Å²) in [7, 11) is 0. The molecule has 0 saturated heterocycles. The Morgan fingerprint density at radius 2 is 2.25 bits per heavy atom. The summed E-state index contributed by atoms with van der Waals surface area (Å²) in [5.41, 5.74) is 0.0840. The molecule has 3 N–H and O–H groups in total. The van der Waals surface area contributed by atoms with Gasteiger partial charge in [-0.1, -0.05) is 15.9 Å². The minimum Gasteiger partial charge on any atom is -0.394 e. The van der Waals surface area contributed by atoms with Crippen LogP contribution in [0.15, 0.2) is 22.7 Å². The van der Waals surface area contributed by atoms with E-state index in [9.17, 15) is 14.3 Å². The summed E-state index contributed by atoms with van der Waals surface area (Å²) in [4.78, 5) is 11.9. The van der Waals surface area contributed by atoms with Gasteiger partial charge < -0.3 is 15.7 Å². The average Bonchev–Trinajstić information content (AvgIpc) is 3.24. The van der Waals surface area contributed by atoms with Crippen LogP contribution in [0.2, 0.25) is 0 Å². The van der Waals surface area contributed by atoms with Crippen molar-refractivity contribution in [3.05, 3.63) is 34.1 Å². The number of halogens is 2. The van der Waals surface area contributed by atoms with Crippen LogP contribution < -0.4 is 10.6 Å². The van der Waals surface area contributed by atoms with E-state index >= 15 is 0 Å². The van der Waals surface area contributed by atoms with E-state index in [4.69, 9.17) is 0 Å². The van der Waals surface area contributed by atoms with E-state index < -0.39 is 5.54 Å². The van der Waals surface area contributed by atoms with Crippen LogP contribution in [0.3, 0.4) is 0 Å². The van der Waals surface area contributed by atoms with Gasteiger partial charge in [0.15, 0.2) is 0 Å². The fourth-order valence-electron chi connectivity index (χ4n) is 2.15. The Bertz CT molecular complexity index is 508. The third-order valence-electron chi connectivity index (χ3n) is 3.65. The van der Waals surface area contributed by atoms with E-state index in [1.54, 1.807) is 6.07 Å². The quantitative estimate of drug-likeness (QED) is 0.768. The van der Waals surface area contributed by atoms with Gasteiger partial charge in [0, 0.05) is 11.0 Å². The third kappa shape index (κ3) is 3.70. The SMILES string of the molecule is CC(CO)(NC(=O)NCc1cc(F)ccc1Br)C1CC1. The summed E-state index contributed by atoms with van der Waals surface area (Å²) in [6.45, 7) is 1.97. The van der Waals surface area contributed by atoms with E-state index in [1.807, 2.05) is 6.92 Å². The highest BCUT2D eigenvalue weighted by Gasteiger charge is 2.42. The number of aliphatic hydroxyl groups excluding tert-OH is 1. The summed E-state index contributed by atoms with van der Waals surface area (Å²) >= 11 is 3.31. The van der Waals surface area contributed by atoms with Crippen LogP contribution in [0.1, 0.15) is 25.3 Å². The van der Waals surface area contributed by atoms with Crippen LogP contribution in [0, 0.1) is 11.7 Å². The second kappa shape index (κ2) is 6.10. The van der Waals surface area contributed by atoms with Crippen LogP contribution in [0.5, 0.6) is 0 Å². The normalized spacial score (nSPS) is 17.4. The Morgan fingerprint density at radius 1 is 1.55 bits per heavy atom. The maximum Gasteiger partial charge on any atom is 0.315 e. The van der Waals surface area contributed by atoms with Crippen LogP contribution in [-0.4, -0.2) is 23.3 Å². The molecular weight excluding hydrogens is 327 g/mol. The molecule has 1 aliphatic carbocycles. The van der Waals surface area contributed by atoms with Crippen molar-refractivity contribution in [1.82, 2.24) is 10.6 Å². The molecule has 1 aliphatic rings. The summed E-state index contributed by atoms with van der Waals surface area (Å²) in [6, 6.07) is 3.97. The number of carbonyl (C=O) groups excluding carboxylic acids is 1. The zero-order chi connectivity index (χ0) is 14.8. The monoisotopic (exact) mass is 344 g/mol. The lowest BCUT2D eigenvalue weighted by molar-refractivity contribution is 0.155. The second-order valence-corrected chi connectivity index (χ2v) is 6.25. The number of hydrogen-bond donors (Lipinski definition) is 3. The molecule has 0 heterocycles. The number of rotatable bonds is 5. The van der Waals surface area contributed by atoms with Crippen molar-refractivity contribution in [2.75, 3.05) is 6.61 Å². The van der Waals surface area contributed by atoms with Crippen LogP contribution in [-0.2, 0) is 6.54 Å². The highest BCUT2D eigenvalue weighted by molar-refractivity contribution is 9.10. The molecule has 6 heteroatoms. The van der Waals surface area contributed by atoms with Crippen LogP contribution in [0.25, 0.3) is 0 Å². The predicted octanol–water partition coefficient (Wildman–Crippen LogP) is 2.55. The molecule has 2 amide bonds. The number of aliphatic hydroxyl groups is 1. The van der Waals surface area contributed by atoms with Crippen LogP contribution in [0.4, 0.5) is 9.18 Å². The van der Waals surface area contributed by atoms with Crippen molar-refractivity contribution in [2.45, 2.75) is 31.8 Å². The average molecular weight is 345 g/mol. The van der Waals surface area contributed by atoms with E-state index in [0.717, 1.165) is 17.3 Å². The molecule has 1 unspecified atom stereocenters. The Kier molecular flexibility index (Phi) is 4.65. The predicted molar refractivity (Wildman–Crippen MR) is 77.7 cm³/mol. The lowest BCUT2D eigenvalue weighted by Crippen LogP contribution is -2.53. The molecule has 1 aromatic carbocycles. The zero-order valence-electron chi connectivity index (χ0n) is 11.2. The highest BCUT2D eigenvalue weighted by Crippen LogP contribution is 2.39. The van der Waals surface area contributed by atoms with Gasteiger partial charge in [-0.05, 0) is 49.4 Å². The molecule has 2 rings (SSSR count). The topological polar surface area (TPSA) is 61.4 Å². The fourth-order valence-corrected chi connectivity index (χ4v) is 2.54. The molecule has 0 aromatic heterocycles. The first kappa shape index (κ1) is 15.3. The molecule has 1 fully saturated rings. The van der Waals surface area contributed by atoms with Gasteiger partial charge in [-0.15, -0.1) is 0 Å². The Labute approximate surface area is 125 Å². The number of amides is 2. The smallest absolute Gasteiger partial charge is 0.315 e. The molecule has 0 spiro atoms. The molecule has 1 saturated carbocycles. The number of carbonyl (C=O) groups is 1. The first-order valence-electron chi connectivity index (χ1n) is 6.55. The Hall–Kier alpha value is -1.14. The van der Waals surface area contributed by atoms with Crippen molar-refractivity contribution in [1.29, 1.82) is 0 Å². The standard InChI is InChI=1S/C14H18BrFN2O2/c1-14(8-19,10-2-3-10)18-13(20)17-7-9-6-11(16)4-5-12(9)15/h4-6,10,19H,2-3,7-8H2,1H3,(H2,17,18,20). The molecule has 1 aromatic rings. The molecular formula is C14H18BrFN2O2. The number of benzene rings is 1. The van der Waals surface area contributed by atoms with Crippen LogP contribution >= 0.6 is 15.9 Å². The largest absolute Gasteiger partial charge is 0.394 e. The molecule has 20 heavy (non-hydrogen) atoms. The van der Waals surface area contributed by atoms with Gasteiger partial charge in [-0.25, -0.2) is 9.18 Å². The second-order valence-electron chi connectivity index (χ2n) is 5.39. The molecule has 0 aliphatic heterocycles. The third-order valence-corrected chi connectivity index (χ3v) is 4.43. The van der Waals surface area contributed by atoms with E-state index in [1.165, 1.54) is 12.1 Å². The molecule has 4 nitrogen and oxygen atoms in total. The first-order valence-corrected chi connectivity index (χ1v) is 7.35. The van der Waals surface area contributed by atoms with E-state index in [-0.39, 0.29) is 25.0 Å². The van der Waals surface area contributed by atoms with Gasteiger partial charge in [0.25, 0.3) is 0 Å². The number of nitrogens with one attached hydrogen (secondary N) is 2. The summed E-state index contributed by atoms with van der Waals surface area (Å²) in [6.07, 6.45) is 2.04. The van der Waals surface area contributed by atoms with Crippen molar-refractivity contribution < 1.29 is 14.3 Å². The van der Waals surface area contributed by atoms with Crippen molar-refractivity contribution >= 4 is 22.0 Å².